The molecule has 0 aromatic carbocycles. The van der Waals surface area contributed by atoms with Crippen molar-refractivity contribution in [1.82, 2.24) is 0 Å². The highest BCUT2D eigenvalue weighted by atomic mass is 16.1. The minimum absolute atomic E-state index is 0.267. The fraction of sp³-hybridized carbons (Fsp3) is 0.917. The second-order valence-corrected chi connectivity index (χ2v) is 4.54. The molecule has 0 saturated heterocycles. The molecule has 0 aromatic rings. The van der Waals surface area contributed by atoms with Gasteiger partial charge in [0.25, 0.3) is 0 Å². The van der Waals surface area contributed by atoms with Crippen molar-refractivity contribution in [2.45, 2.75) is 58.4 Å². The zero-order valence-electron chi connectivity index (χ0n) is 9.46. The van der Waals surface area contributed by atoms with Crippen LogP contribution in [0.2, 0.25) is 0 Å². The van der Waals surface area contributed by atoms with Crippen molar-refractivity contribution in [1.29, 1.82) is 0 Å². The van der Waals surface area contributed by atoms with Crippen molar-refractivity contribution in [3.05, 3.63) is 0 Å². The number of ketones is 1. The second kappa shape index (κ2) is 5.50. The zero-order valence-corrected chi connectivity index (χ0v) is 9.46. The van der Waals surface area contributed by atoms with Gasteiger partial charge in [-0.15, -0.1) is 0 Å². The maximum absolute atomic E-state index is 12.1. The molecule has 0 bridgehead atoms. The van der Waals surface area contributed by atoms with E-state index in [0.717, 1.165) is 38.5 Å². The summed E-state index contributed by atoms with van der Waals surface area (Å²) in [4.78, 5) is 12.1. The largest absolute Gasteiger partial charge is 0.328 e. The van der Waals surface area contributed by atoms with Crippen molar-refractivity contribution in [3.8, 4) is 0 Å². The Labute approximate surface area is 87.2 Å². The number of carbonyl (C=O) groups is 1. The first-order valence-electron chi connectivity index (χ1n) is 5.98. The summed E-state index contributed by atoms with van der Waals surface area (Å²) in [6.45, 7) is 4.21. The number of rotatable bonds is 4. The van der Waals surface area contributed by atoms with Gasteiger partial charge in [-0.2, -0.15) is 0 Å². The predicted octanol–water partition coefficient (Wildman–Crippen LogP) is 2.51. The summed E-state index contributed by atoms with van der Waals surface area (Å²) in [7, 11) is 0. The molecule has 2 heteroatoms. The van der Waals surface area contributed by atoms with Gasteiger partial charge in [0, 0.05) is 17.9 Å². The van der Waals surface area contributed by atoms with Gasteiger partial charge in [-0.1, -0.05) is 20.3 Å². The molecule has 1 rings (SSSR count). The summed E-state index contributed by atoms with van der Waals surface area (Å²) in [5.74, 6) is 1.03. The molecule has 0 radical (unpaired) electrons. The highest BCUT2D eigenvalue weighted by Crippen LogP contribution is 2.28. The third-order valence-corrected chi connectivity index (χ3v) is 3.51. The van der Waals surface area contributed by atoms with Crippen LogP contribution in [0.15, 0.2) is 0 Å². The van der Waals surface area contributed by atoms with Crippen LogP contribution >= 0.6 is 0 Å². The monoisotopic (exact) mass is 197 g/mol. The molecule has 1 aliphatic carbocycles. The van der Waals surface area contributed by atoms with Gasteiger partial charge in [-0.25, -0.2) is 0 Å². The van der Waals surface area contributed by atoms with E-state index in [4.69, 9.17) is 5.73 Å². The molecular formula is C12H23NO. The van der Waals surface area contributed by atoms with E-state index in [1.807, 2.05) is 0 Å². The molecule has 2 atom stereocenters. The van der Waals surface area contributed by atoms with Crippen LogP contribution in [0.5, 0.6) is 0 Å². The molecule has 2 N–H and O–H groups in total. The Balaban J connectivity index is 2.50. The molecule has 1 aliphatic rings. The Bertz CT molecular complexity index is 187. The minimum atomic E-state index is 0.267. The lowest BCUT2D eigenvalue weighted by atomic mass is 9.78. The Hall–Kier alpha value is -0.370. The third kappa shape index (κ3) is 2.81. The van der Waals surface area contributed by atoms with E-state index in [2.05, 4.69) is 13.8 Å². The van der Waals surface area contributed by atoms with Crippen LogP contribution in [-0.4, -0.2) is 11.8 Å². The normalized spacial score (nSPS) is 28.0. The van der Waals surface area contributed by atoms with Gasteiger partial charge in [-0.3, -0.25) is 4.79 Å². The fourth-order valence-electron chi connectivity index (χ4n) is 2.51. The van der Waals surface area contributed by atoms with Crippen molar-refractivity contribution in [2.24, 2.45) is 17.6 Å². The number of carbonyl (C=O) groups excluding carboxylic acids is 1. The molecule has 0 heterocycles. The first-order chi connectivity index (χ1) is 6.69. The molecule has 1 fully saturated rings. The average Bonchev–Trinajstić information content (AvgIpc) is 2.19. The van der Waals surface area contributed by atoms with Crippen LogP contribution < -0.4 is 5.73 Å². The predicted molar refractivity (Wildman–Crippen MR) is 59.0 cm³/mol. The highest BCUT2D eigenvalue weighted by Gasteiger charge is 2.28. The molecule has 1 saturated carbocycles. The van der Waals surface area contributed by atoms with Crippen molar-refractivity contribution in [2.75, 3.05) is 0 Å². The summed E-state index contributed by atoms with van der Waals surface area (Å²) in [5.41, 5.74) is 5.89. The lowest BCUT2D eigenvalue weighted by Crippen LogP contribution is -2.34. The van der Waals surface area contributed by atoms with Crippen LogP contribution in [0.1, 0.15) is 52.4 Å². The second-order valence-electron chi connectivity index (χ2n) is 4.54. The number of nitrogens with two attached hydrogens (primary N) is 1. The highest BCUT2D eigenvalue weighted by molar-refractivity contribution is 5.83. The molecule has 2 nitrogen and oxygen atoms in total. The van der Waals surface area contributed by atoms with Crippen molar-refractivity contribution in [3.63, 3.8) is 0 Å². The maximum atomic E-state index is 12.1. The molecule has 0 aliphatic heterocycles. The smallest absolute Gasteiger partial charge is 0.139 e. The molecule has 82 valence electrons. The van der Waals surface area contributed by atoms with E-state index in [1.165, 1.54) is 0 Å². The SMILES string of the molecule is CCC(CC)C(=O)C1CCCC(N)C1. The Morgan fingerprint density at radius 3 is 2.50 bits per heavy atom. The van der Waals surface area contributed by atoms with Gasteiger partial charge >= 0.3 is 0 Å². The number of hydrogen-bond donors (Lipinski definition) is 1. The van der Waals surface area contributed by atoms with Gasteiger partial charge < -0.3 is 5.73 Å². The molecule has 2 unspecified atom stereocenters. The van der Waals surface area contributed by atoms with E-state index in [1.54, 1.807) is 0 Å². The van der Waals surface area contributed by atoms with Crippen LogP contribution in [-0.2, 0) is 4.79 Å². The van der Waals surface area contributed by atoms with E-state index >= 15 is 0 Å². The molecule has 14 heavy (non-hydrogen) atoms. The Morgan fingerprint density at radius 1 is 1.36 bits per heavy atom. The minimum Gasteiger partial charge on any atom is -0.328 e. The average molecular weight is 197 g/mol. The van der Waals surface area contributed by atoms with Crippen LogP contribution in [0.4, 0.5) is 0 Å². The first-order valence-corrected chi connectivity index (χ1v) is 5.98. The molecular weight excluding hydrogens is 174 g/mol. The lowest BCUT2D eigenvalue weighted by molar-refractivity contribution is -0.128. The standard InChI is InChI=1S/C12H23NO/c1-3-9(4-2)12(14)10-6-5-7-11(13)8-10/h9-11H,3-8,13H2,1-2H3. The van der Waals surface area contributed by atoms with E-state index in [9.17, 15) is 4.79 Å². The zero-order chi connectivity index (χ0) is 10.6. The van der Waals surface area contributed by atoms with Gasteiger partial charge in [0.05, 0.1) is 0 Å². The van der Waals surface area contributed by atoms with E-state index < -0.39 is 0 Å². The number of Topliss-reactive ketones (excluding diaryl/α,β-unsaturated/α-hetero) is 1. The summed E-state index contributed by atoms with van der Waals surface area (Å²) in [5, 5.41) is 0. The van der Waals surface area contributed by atoms with Gasteiger partial charge in [0.1, 0.15) is 5.78 Å². The topological polar surface area (TPSA) is 43.1 Å². The van der Waals surface area contributed by atoms with Gasteiger partial charge in [-0.05, 0) is 32.1 Å². The van der Waals surface area contributed by atoms with Crippen molar-refractivity contribution < 1.29 is 4.79 Å². The van der Waals surface area contributed by atoms with Gasteiger partial charge in [0.15, 0.2) is 0 Å². The van der Waals surface area contributed by atoms with Crippen molar-refractivity contribution >= 4 is 5.78 Å². The third-order valence-electron chi connectivity index (χ3n) is 3.51. The molecule has 0 spiro atoms. The lowest BCUT2D eigenvalue weighted by Gasteiger charge is -2.28. The summed E-state index contributed by atoms with van der Waals surface area (Å²) in [6, 6.07) is 0.270. The quantitative estimate of drug-likeness (QED) is 0.752. The first kappa shape index (κ1) is 11.7. The fourth-order valence-corrected chi connectivity index (χ4v) is 2.51. The number of hydrogen-bond acceptors (Lipinski definition) is 2. The molecule has 0 amide bonds. The van der Waals surface area contributed by atoms with Gasteiger partial charge in [0.2, 0.25) is 0 Å². The molecule has 0 aromatic heterocycles. The Kier molecular flexibility index (Phi) is 4.59. The van der Waals surface area contributed by atoms with Crippen LogP contribution in [0, 0.1) is 11.8 Å². The van der Waals surface area contributed by atoms with E-state index in [0.29, 0.717) is 5.78 Å². The Morgan fingerprint density at radius 2 is 2.00 bits per heavy atom. The summed E-state index contributed by atoms with van der Waals surface area (Å²) >= 11 is 0. The summed E-state index contributed by atoms with van der Waals surface area (Å²) < 4.78 is 0. The van der Waals surface area contributed by atoms with E-state index in [-0.39, 0.29) is 17.9 Å². The van der Waals surface area contributed by atoms with Crippen LogP contribution in [0.3, 0.4) is 0 Å². The van der Waals surface area contributed by atoms with Crippen LogP contribution in [0.25, 0.3) is 0 Å². The summed E-state index contributed by atoms with van der Waals surface area (Å²) in [6.07, 6.45) is 6.21. The maximum Gasteiger partial charge on any atom is 0.139 e.